The standard InChI is InChI=1S/C28H28N4O4S/c1-18-8-6-7-15-32(18)23(33)16-31-17-29-27-24(28(31)35)19(2)25(37-27)26(34)30-20-11-13-22(14-12-20)36-21-9-4-3-5-10-21/h3-5,9-14,17-18H,6-8,15-16H2,1-2H3,(H,30,34)/t18-/m0/s1. The highest BCUT2D eigenvalue weighted by molar-refractivity contribution is 7.20. The molecule has 8 nitrogen and oxygen atoms in total. The van der Waals surface area contributed by atoms with Crippen LogP contribution in [0.2, 0.25) is 0 Å². The van der Waals surface area contributed by atoms with E-state index in [0.29, 0.717) is 38.6 Å². The highest BCUT2D eigenvalue weighted by atomic mass is 32.1. The molecular formula is C28H28N4O4S. The minimum atomic E-state index is -0.318. The van der Waals surface area contributed by atoms with Crippen LogP contribution in [0.5, 0.6) is 11.5 Å². The summed E-state index contributed by atoms with van der Waals surface area (Å²) in [7, 11) is 0. The molecule has 1 N–H and O–H groups in total. The number of nitrogens with one attached hydrogen (secondary N) is 1. The second kappa shape index (κ2) is 10.6. The van der Waals surface area contributed by atoms with Gasteiger partial charge < -0.3 is 15.0 Å². The van der Waals surface area contributed by atoms with Crippen molar-refractivity contribution in [3.63, 3.8) is 0 Å². The van der Waals surface area contributed by atoms with Gasteiger partial charge in [-0.1, -0.05) is 18.2 Å². The van der Waals surface area contributed by atoms with Gasteiger partial charge >= 0.3 is 0 Å². The van der Waals surface area contributed by atoms with Crippen molar-refractivity contribution in [2.75, 3.05) is 11.9 Å². The molecule has 37 heavy (non-hydrogen) atoms. The van der Waals surface area contributed by atoms with Crippen LogP contribution in [-0.4, -0.2) is 38.9 Å². The largest absolute Gasteiger partial charge is 0.457 e. The van der Waals surface area contributed by atoms with Crippen LogP contribution < -0.4 is 15.6 Å². The number of thiophene rings is 1. The van der Waals surface area contributed by atoms with E-state index < -0.39 is 0 Å². The number of amides is 2. The Morgan fingerprint density at radius 2 is 1.81 bits per heavy atom. The summed E-state index contributed by atoms with van der Waals surface area (Å²) in [5.74, 6) is 0.980. The number of nitrogens with zero attached hydrogens (tertiary/aromatic N) is 3. The van der Waals surface area contributed by atoms with E-state index in [1.165, 1.54) is 22.2 Å². The zero-order chi connectivity index (χ0) is 25.9. The fourth-order valence-corrected chi connectivity index (χ4v) is 5.65. The van der Waals surface area contributed by atoms with E-state index in [1.807, 2.05) is 42.2 Å². The normalized spacial score (nSPS) is 15.5. The number of carbonyl (C=O) groups excluding carboxylic acids is 2. The molecule has 3 heterocycles. The first-order chi connectivity index (χ1) is 17.9. The lowest BCUT2D eigenvalue weighted by molar-refractivity contribution is -0.135. The second-order valence-corrected chi connectivity index (χ2v) is 10.2. The van der Waals surface area contributed by atoms with Crippen molar-refractivity contribution < 1.29 is 14.3 Å². The van der Waals surface area contributed by atoms with Gasteiger partial charge in [0.05, 0.1) is 16.6 Å². The number of aromatic nitrogens is 2. The van der Waals surface area contributed by atoms with Crippen LogP contribution in [0, 0.1) is 6.92 Å². The van der Waals surface area contributed by atoms with Gasteiger partial charge in [-0.15, -0.1) is 11.3 Å². The van der Waals surface area contributed by atoms with E-state index in [2.05, 4.69) is 10.3 Å². The number of para-hydroxylation sites is 1. The minimum absolute atomic E-state index is 0.0552. The van der Waals surface area contributed by atoms with Crippen LogP contribution in [0.4, 0.5) is 5.69 Å². The number of anilines is 1. The Kier molecular flexibility index (Phi) is 7.05. The summed E-state index contributed by atoms with van der Waals surface area (Å²) in [6, 6.07) is 16.7. The molecule has 1 atom stereocenters. The summed E-state index contributed by atoms with van der Waals surface area (Å²) in [5, 5.41) is 3.26. The maximum Gasteiger partial charge on any atom is 0.266 e. The maximum absolute atomic E-state index is 13.2. The minimum Gasteiger partial charge on any atom is -0.457 e. The molecule has 0 saturated carbocycles. The molecule has 1 saturated heterocycles. The quantitative estimate of drug-likeness (QED) is 0.380. The van der Waals surface area contributed by atoms with Crippen LogP contribution in [0.3, 0.4) is 0 Å². The third-order valence-electron chi connectivity index (χ3n) is 6.64. The second-order valence-electron chi connectivity index (χ2n) is 9.24. The Labute approximate surface area is 218 Å². The molecule has 0 bridgehead atoms. The summed E-state index contributed by atoms with van der Waals surface area (Å²) in [6.07, 6.45) is 4.47. The number of piperidine rings is 1. The molecular weight excluding hydrogens is 488 g/mol. The van der Waals surface area contributed by atoms with Gasteiger partial charge in [0.2, 0.25) is 5.91 Å². The molecule has 2 amide bonds. The van der Waals surface area contributed by atoms with E-state index in [-0.39, 0.29) is 30.0 Å². The molecule has 1 fully saturated rings. The van der Waals surface area contributed by atoms with Gasteiger partial charge in [0.15, 0.2) is 0 Å². The molecule has 9 heteroatoms. The summed E-state index contributed by atoms with van der Waals surface area (Å²) in [5.41, 5.74) is 0.860. The summed E-state index contributed by atoms with van der Waals surface area (Å²) >= 11 is 1.17. The van der Waals surface area contributed by atoms with E-state index in [4.69, 9.17) is 4.74 Å². The number of carbonyl (C=O) groups is 2. The number of rotatable bonds is 6. The molecule has 1 aliphatic heterocycles. The molecule has 5 rings (SSSR count). The summed E-state index contributed by atoms with van der Waals surface area (Å²) in [6.45, 7) is 4.44. The fraction of sp³-hybridized carbons (Fsp3) is 0.286. The lowest BCUT2D eigenvalue weighted by Gasteiger charge is -2.33. The Hall–Kier alpha value is -3.98. The number of benzene rings is 2. The van der Waals surface area contributed by atoms with Gasteiger partial charge in [0.1, 0.15) is 22.9 Å². The Balaban J connectivity index is 1.31. The molecule has 1 aliphatic rings. The first-order valence-electron chi connectivity index (χ1n) is 12.3. The molecule has 0 radical (unpaired) electrons. The summed E-state index contributed by atoms with van der Waals surface area (Å²) < 4.78 is 7.14. The van der Waals surface area contributed by atoms with Crippen molar-refractivity contribution in [1.29, 1.82) is 0 Å². The number of fused-ring (bicyclic) bond motifs is 1. The Morgan fingerprint density at radius 3 is 2.54 bits per heavy atom. The van der Waals surface area contributed by atoms with E-state index >= 15 is 0 Å². The van der Waals surface area contributed by atoms with Gasteiger partial charge in [-0.2, -0.15) is 0 Å². The maximum atomic E-state index is 13.2. The van der Waals surface area contributed by atoms with E-state index in [1.54, 1.807) is 31.2 Å². The van der Waals surface area contributed by atoms with Crippen LogP contribution in [0.1, 0.15) is 41.4 Å². The fourth-order valence-electron chi connectivity index (χ4n) is 4.61. The monoisotopic (exact) mass is 516 g/mol. The van der Waals surface area contributed by atoms with Crippen LogP contribution in [0.15, 0.2) is 65.7 Å². The molecule has 2 aromatic heterocycles. The molecule has 0 unspecified atom stereocenters. The third-order valence-corrected chi connectivity index (χ3v) is 7.84. The predicted octanol–water partition coefficient (Wildman–Crippen LogP) is 5.21. The average molecular weight is 517 g/mol. The average Bonchev–Trinajstić information content (AvgIpc) is 3.25. The predicted molar refractivity (Wildman–Crippen MR) is 145 cm³/mol. The van der Waals surface area contributed by atoms with Gasteiger partial charge in [-0.25, -0.2) is 4.98 Å². The lowest BCUT2D eigenvalue weighted by Crippen LogP contribution is -2.44. The zero-order valence-corrected chi connectivity index (χ0v) is 21.6. The van der Waals surface area contributed by atoms with Crippen molar-refractivity contribution in [1.82, 2.24) is 14.5 Å². The zero-order valence-electron chi connectivity index (χ0n) is 20.8. The Bertz CT molecular complexity index is 1490. The van der Waals surface area contributed by atoms with Crippen molar-refractivity contribution in [2.45, 2.75) is 45.7 Å². The van der Waals surface area contributed by atoms with Gasteiger partial charge in [0.25, 0.3) is 11.5 Å². The van der Waals surface area contributed by atoms with Gasteiger partial charge in [-0.3, -0.25) is 19.0 Å². The van der Waals surface area contributed by atoms with Crippen molar-refractivity contribution in [2.24, 2.45) is 0 Å². The first-order valence-corrected chi connectivity index (χ1v) is 13.1. The molecule has 0 spiro atoms. The van der Waals surface area contributed by atoms with E-state index in [9.17, 15) is 14.4 Å². The van der Waals surface area contributed by atoms with Gasteiger partial charge in [0, 0.05) is 18.3 Å². The first kappa shape index (κ1) is 24.7. The molecule has 190 valence electrons. The van der Waals surface area contributed by atoms with Crippen molar-refractivity contribution in [3.05, 3.63) is 81.7 Å². The lowest BCUT2D eigenvalue weighted by atomic mass is 10.0. The highest BCUT2D eigenvalue weighted by Crippen LogP contribution is 2.28. The highest BCUT2D eigenvalue weighted by Gasteiger charge is 2.25. The van der Waals surface area contributed by atoms with Crippen LogP contribution in [0.25, 0.3) is 10.2 Å². The number of hydrogen-bond acceptors (Lipinski definition) is 6. The molecule has 4 aromatic rings. The van der Waals surface area contributed by atoms with Crippen molar-refractivity contribution >= 4 is 39.1 Å². The molecule has 0 aliphatic carbocycles. The van der Waals surface area contributed by atoms with Crippen LogP contribution in [-0.2, 0) is 11.3 Å². The number of hydrogen-bond donors (Lipinski definition) is 1. The molecule has 2 aromatic carbocycles. The Morgan fingerprint density at radius 1 is 1.08 bits per heavy atom. The third kappa shape index (κ3) is 5.27. The van der Waals surface area contributed by atoms with Crippen molar-refractivity contribution in [3.8, 4) is 11.5 Å². The SMILES string of the molecule is Cc1c(C(=O)Nc2ccc(Oc3ccccc3)cc2)sc2ncn(CC(=O)N3CCCC[C@@H]3C)c(=O)c12. The number of likely N-dealkylation sites (tertiary alicyclic amines) is 1. The number of aryl methyl sites for hydroxylation is 1. The van der Waals surface area contributed by atoms with Gasteiger partial charge in [-0.05, 0) is 75.1 Å². The van der Waals surface area contributed by atoms with E-state index in [0.717, 1.165) is 25.0 Å². The van der Waals surface area contributed by atoms with Crippen LogP contribution >= 0.6 is 11.3 Å². The topological polar surface area (TPSA) is 93.5 Å². The summed E-state index contributed by atoms with van der Waals surface area (Å²) in [4.78, 5) is 46.3. The number of ether oxygens (including phenoxy) is 1. The smallest absolute Gasteiger partial charge is 0.266 e.